The number of nitrogens with one attached hydrogen (secondary N) is 3. The van der Waals surface area contributed by atoms with Gasteiger partial charge in [-0.1, -0.05) is 78.9 Å². The first-order valence-corrected chi connectivity index (χ1v) is 26.5. The van der Waals surface area contributed by atoms with Crippen LogP contribution in [0.25, 0.3) is 22.3 Å². The van der Waals surface area contributed by atoms with Crippen molar-refractivity contribution in [2.45, 2.75) is 64.9 Å². The number of methoxy groups -OCH3 is 2. The Labute approximate surface area is 488 Å². The van der Waals surface area contributed by atoms with Gasteiger partial charge in [-0.2, -0.15) is 0 Å². The van der Waals surface area contributed by atoms with Gasteiger partial charge in [0.1, 0.15) is 53.1 Å². The summed E-state index contributed by atoms with van der Waals surface area (Å²) in [5.41, 5.74) is -1.22. The second-order valence-corrected chi connectivity index (χ2v) is 20.1. The highest BCUT2D eigenvalue weighted by molar-refractivity contribution is 5.98. The van der Waals surface area contributed by atoms with Crippen LogP contribution in [0, 0.1) is 37.1 Å². The van der Waals surface area contributed by atoms with Crippen LogP contribution in [-0.2, 0) is 89.3 Å². The molecule has 5 aromatic carbocycles. The van der Waals surface area contributed by atoms with E-state index in [9.17, 15) is 47.9 Å². The minimum absolute atomic E-state index is 0.104. The molecule has 0 aliphatic rings. The second kappa shape index (κ2) is 27.5. The van der Waals surface area contributed by atoms with Crippen molar-refractivity contribution >= 4 is 35.8 Å². The number of ether oxygens (including phenoxy) is 3. The average Bonchev–Trinajstić information content (AvgIpc) is 2.57. The van der Waals surface area contributed by atoms with Crippen LogP contribution in [-0.4, -0.2) is 91.8 Å². The number of esters is 2. The normalized spacial score (nSPS) is 11.7. The average molecular weight is 1190 g/mol. The zero-order valence-corrected chi connectivity index (χ0v) is 48.0. The van der Waals surface area contributed by atoms with Crippen molar-refractivity contribution in [2.75, 3.05) is 20.8 Å². The lowest BCUT2D eigenvalue weighted by atomic mass is 10.00. The quantitative estimate of drug-likeness (QED) is 0.0494. The Balaban J connectivity index is 1.09. The highest BCUT2D eigenvalue weighted by Crippen LogP contribution is 2.25. The van der Waals surface area contributed by atoms with Crippen molar-refractivity contribution in [1.29, 1.82) is 0 Å². The molecule has 0 bridgehead atoms. The molecule has 0 saturated heterocycles. The van der Waals surface area contributed by atoms with Gasteiger partial charge >= 0.3 is 29.4 Å². The molecule has 0 aliphatic carbocycles. The first-order chi connectivity index (χ1) is 40.8. The van der Waals surface area contributed by atoms with Crippen LogP contribution in [0.5, 0.6) is 0 Å². The number of rotatable bonds is 21. The largest absolute Gasteiger partial charge is 0.467 e. The number of carbonyl (C=O) groups is 6. The zero-order chi connectivity index (χ0) is 62.8. The van der Waals surface area contributed by atoms with Gasteiger partial charge in [-0.15, -0.1) is 0 Å². The van der Waals surface area contributed by atoms with Crippen LogP contribution in [0.1, 0.15) is 66.3 Å². The maximum Gasteiger partial charge on any atom is 0.407 e. The Morgan fingerprint density at radius 1 is 0.523 bits per heavy atom. The molecule has 2 heterocycles. The molecule has 0 saturated carbocycles. The minimum atomic E-state index is -1.50. The number of amides is 4. The Morgan fingerprint density at radius 3 is 1.28 bits per heavy atom. The maximum absolute atomic E-state index is 16.1. The summed E-state index contributed by atoms with van der Waals surface area (Å²) in [6.07, 6.45) is -1.87. The molecular weight excluding hydrogens is 1130 g/mol. The fraction of sp³-hybridized carbons (Fsp3) is 0.279. The molecule has 2 atom stereocenters. The number of carbonyl (C=O) groups excluding carboxylic acids is 6. The summed E-state index contributed by atoms with van der Waals surface area (Å²) in [6.45, 7) is 1.44. The van der Waals surface area contributed by atoms with Crippen molar-refractivity contribution in [3.63, 3.8) is 0 Å². The van der Waals surface area contributed by atoms with E-state index in [4.69, 9.17) is 14.2 Å². The highest BCUT2D eigenvalue weighted by Gasteiger charge is 2.30. The van der Waals surface area contributed by atoms with E-state index >= 15 is 17.6 Å². The first-order valence-electron chi connectivity index (χ1n) is 26.5. The molecule has 2 aromatic heterocycles. The molecule has 7 rings (SSSR count). The smallest absolute Gasteiger partial charge is 0.407 e. The minimum Gasteiger partial charge on any atom is -0.467 e. The van der Waals surface area contributed by atoms with Crippen molar-refractivity contribution in [2.24, 2.45) is 28.2 Å². The molecule has 3 N–H and O–H groups in total. The number of halogens is 4. The highest BCUT2D eigenvalue weighted by atomic mass is 19.1. The topological polar surface area (TPSA) is 257 Å². The molecule has 450 valence electrons. The monoisotopic (exact) mass is 1190 g/mol. The van der Waals surface area contributed by atoms with E-state index in [1.54, 1.807) is 92.7 Å². The third kappa shape index (κ3) is 14.4. The molecular formula is C61H60F4N8O13. The van der Waals surface area contributed by atoms with Crippen LogP contribution in [0.3, 0.4) is 0 Å². The number of nitrogens with zero attached hydrogens (tertiary/aromatic N) is 5. The molecule has 0 fully saturated rings. The van der Waals surface area contributed by atoms with Crippen LogP contribution in [0.15, 0.2) is 122 Å². The van der Waals surface area contributed by atoms with Gasteiger partial charge in [0.25, 0.3) is 22.9 Å². The summed E-state index contributed by atoms with van der Waals surface area (Å²) >= 11 is 0. The summed E-state index contributed by atoms with van der Waals surface area (Å²) in [5.74, 6) is -11.3. The number of hydrogen-bond donors (Lipinski definition) is 3. The maximum atomic E-state index is 16.1. The third-order valence-electron chi connectivity index (χ3n) is 14.4. The molecule has 86 heavy (non-hydrogen) atoms. The predicted molar refractivity (Wildman–Crippen MR) is 304 cm³/mol. The lowest BCUT2D eigenvalue weighted by Gasteiger charge is -2.24. The molecule has 7 aromatic rings. The fourth-order valence-corrected chi connectivity index (χ4v) is 9.52. The second-order valence-electron chi connectivity index (χ2n) is 20.1. The van der Waals surface area contributed by atoms with Crippen molar-refractivity contribution < 1.29 is 60.5 Å². The summed E-state index contributed by atoms with van der Waals surface area (Å²) < 4.78 is 83.8. The molecule has 0 aliphatic heterocycles. The van der Waals surface area contributed by atoms with Crippen LogP contribution in [0.4, 0.5) is 22.4 Å². The van der Waals surface area contributed by atoms with Gasteiger partial charge in [0, 0.05) is 78.5 Å². The standard InChI is InChI=1S/C61H60F4N8O13/c1-33-49(55(77)71(5)60(82)69(33)3)40-18-14-35(15-19-40)28-46(57(79)84-7)67-53(75)51-42(62)24-38(25-43(51)63)30-73(48(74)22-23-66-59(81)86-32-37-12-10-9-11-13-37)31-39-26-44(64)52(45(65)27-39)54(76)68-47(58(80)85-8)29-36-16-20-41(21-17-36)50-34(2)70(4)61(83)72(6)56(50)78/h9-21,24-27,46-47H,22-23,28-32H2,1-8H3,(H,66,81)(H,67,75)(H,68,76). The van der Waals surface area contributed by atoms with E-state index in [-0.39, 0.29) is 48.2 Å². The van der Waals surface area contributed by atoms with E-state index < -0.39 is 124 Å². The van der Waals surface area contributed by atoms with Gasteiger partial charge in [-0.05, 0) is 77.1 Å². The summed E-state index contributed by atoms with van der Waals surface area (Å²) in [5, 5.41) is 7.01. The van der Waals surface area contributed by atoms with Crippen molar-refractivity contribution in [3.8, 4) is 22.3 Å². The van der Waals surface area contributed by atoms with Crippen LogP contribution >= 0.6 is 0 Å². The number of benzene rings is 5. The van der Waals surface area contributed by atoms with Gasteiger partial charge < -0.3 is 44.2 Å². The van der Waals surface area contributed by atoms with Gasteiger partial charge in [-0.25, -0.2) is 41.5 Å². The zero-order valence-electron chi connectivity index (χ0n) is 48.0. The molecule has 0 radical (unpaired) electrons. The van der Waals surface area contributed by atoms with Gasteiger partial charge in [-0.3, -0.25) is 33.1 Å². The molecule has 0 spiro atoms. The Kier molecular flexibility index (Phi) is 20.2. The summed E-state index contributed by atoms with van der Waals surface area (Å²) in [4.78, 5) is 132. The predicted octanol–water partition coefficient (Wildman–Crippen LogP) is 4.86. The molecule has 2 unspecified atom stereocenters. The van der Waals surface area contributed by atoms with Gasteiger partial charge in [0.15, 0.2) is 0 Å². The Bertz CT molecular complexity index is 3760. The third-order valence-corrected chi connectivity index (χ3v) is 14.4. The Morgan fingerprint density at radius 2 is 0.907 bits per heavy atom. The first kappa shape index (κ1) is 63.4. The van der Waals surface area contributed by atoms with E-state index in [2.05, 4.69) is 16.0 Å². The van der Waals surface area contributed by atoms with E-state index in [1.165, 1.54) is 37.3 Å². The lowest BCUT2D eigenvalue weighted by Crippen LogP contribution is -2.43. The molecule has 4 amide bonds. The van der Waals surface area contributed by atoms with Crippen LogP contribution in [0.2, 0.25) is 0 Å². The lowest BCUT2D eigenvalue weighted by molar-refractivity contribution is -0.143. The van der Waals surface area contributed by atoms with Gasteiger partial charge in [0.05, 0.1) is 25.3 Å². The summed E-state index contributed by atoms with van der Waals surface area (Å²) in [7, 11) is 7.77. The number of hydrogen-bond acceptors (Lipinski definition) is 13. The van der Waals surface area contributed by atoms with E-state index in [1.807, 2.05) is 0 Å². The Hall–Kier alpha value is -10.2. The van der Waals surface area contributed by atoms with E-state index in [0.717, 1.165) is 52.5 Å². The van der Waals surface area contributed by atoms with E-state index in [0.29, 0.717) is 39.2 Å². The van der Waals surface area contributed by atoms with Gasteiger partial charge in [0.2, 0.25) is 5.91 Å². The fourth-order valence-electron chi connectivity index (χ4n) is 9.52. The van der Waals surface area contributed by atoms with Crippen molar-refractivity contribution in [1.82, 2.24) is 39.1 Å². The SMILES string of the molecule is COC(=O)C(Cc1ccc(-c2c(C)n(C)c(=O)n(C)c2=O)cc1)NC(=O)c1c(F)cc(CN(Cc2cc(F)c(C(=O)NC(Cc3ccc(-c4c(C)n(C)c(=O)n(C)c4=O)cc3)C(=O)OC)c(F)c2)C(=O)CCNC(=O)OCc2ccccc2)cc1F. The molecule has 25 heteroatoms. The number of alkyl carbamates (subject to hydrolysis) is 1. The van der Waals surface area contributed by atoms with Crippen molar-refractivity contribution in [3.05, 3.63) is 218 Å². The number of aromatic nitrogens is 4. The summed E-state index contributed by atoms with van der Waals surface area (Å²) in [6, 6.07) is 21.0. The van der Waals surface area contributed by atoms with Crippen LogP contribution < -0.4 is 38.4 Å². The molecule has 21 nitrogen and oxygen atoms in total.